The summed E-state index contributed by atoms with van der Waals surface area (Å²) in [7, 11) is 2.83. The van der Waals surface area contributed by atoms with E-state index in [1.54, 1.807) is 12.1 Å². The van der Waals surface area contributed by atoms with Crippen LogP contribution >= 0.6 is 0 Å². The number of ether oxygens (including phenoxy) is 2. The van der Waals surface area contributed by atoms with E-state index in [2.05, 4.69) is 16.3 Å². The van der Waals surface area contributed by atoms with Gasteiger partial charge in [0, 0.05) is 11.8 Å². The Labute approximate surface area is 82.2 Å². The van der Waals surface area contributed by atoms with Gasteiger partial charge in [-0.15, -0.1) is 0 Å². The van der Waals surface area contributed by atoms with Crippen LogP contribution in [0, 0.1) is 0 Å². The highest BCUT2D eigenvalue weighted by Crippen LogP contribution is 2.17. The monoisotopic (exact) mass is 193 g/mol. The molecule has 0 saturated heterocycles. The number of pyridine rings is 1. The van der Waals surface area contributed by atoms with E-state index in [9.17, 15) is 4.79 Å². The van der Waals surface area contributed by atoms with Gasteiger partial charge in [-0.05, 0) is 6.07 Å². The van der Waals surface area contributed by atoms with Gasteiger partial charge < -0.3 is 9.47 Å². The fourth-order valence-corrected chi connectivity index (χ4v) is 1.02. The molecule has 0 aliphatic carbocycles. The molecule has 0 aromatic carbocycles. The third-order valence-corrected chi connectivity index (χ3v) is 1.71. The molecular formula is C10H11NO3. The fourth-order valence-electron chi connectivity index (χ4n) is 1.02. The van der Waals surface area contributed by atoms with Crippen molar-refractivity contribution in [3.8, 4) is 5.88 Å². The van der Waals surface area contributed by atoms with Crippen molar-refractivity contribution in [2.24, 2.45) is 0 Å². The summed E-state index contributed by atoms with van der Waals surface area (Å²) in [6, 6.07) is 1.62. The zero-order valence-corrected chi connectivity index (χ0v) is 8.11. The molecule has 4 nitrogen and oxygen atoms in total. The summed E-state index contributed by atoms with van der Waals surface area (Å²) in [4.78, 5) is 15.1. The summed E-state index contributed by atoms with van der Waals surface area (Å²) >= 11 is 0. The predicted molar refractivity (Wildman–Crippen MR) is 52.2 cm³/mol. The molecule has 0 aliphatic rings. The highest BCUT2D eigenvalue weighted by Gasteiger charge is 2.09. The fraction of sp³-hybridized carbons (Fsp3) is 0.200. The molecule has 0 unspecified atom stereocenters. The largest absolute Gasteiger partial charge is 0.481 e. The van der Waals surface area contributed by atoms with Crippen LogP contribution in [-0.4, -0.2) is 25.2 Å². The number of aromatic nitrogens is 1. The number of hydrogen-bond donors (Lipinski definition) is 0. The van der Waals surface area contributed by atoms with Crippen molar-refractivity contribution >= 4 is 12.0 Å². The number of carbonyl (C=O) groups is 1. The van der Waals surface area contributed by atoms with Crippen molar-refractivity contribution in [2.75, 3.05) is 14.2 Å². The van der Waals surface area contributed by atoms with Gasteiger partial charge in [-0.25, -0.2) is 9.78 Å². The standard InChI is InChI=1S/C10H11NO3/c1-4-7-5-8(10(12)14-3)6-11-9(7)13-2/h4-6H,1H2,2-3H3. The number of hydrogen-bond acceptors (Lipinski definition) is 4. The van der Waals surface area contributed by atoms with Gasteiger partial charge in [-0.3, -0.25) is 0 Å². The first-order chi connectivity index (χ1) is 6.72. The molecule has 0 N–H and O–H groups in total. The van der Waals surface area contributed by atoms with E-state index < -0.39 is 5.97 Å². The Hall–Kier alpha value is -1.84. The average Bonchev–Trinajstić information content (AvgIpc) is 2.26. The molecule has 0 radical (unpaired) electrons. The topological polar surface area (TPSA) is 48.4 Å². The summed E-state index contributed by atoms with van der Waals surface area (Å²) in [6.45, 7) is 3.59. The van der Waals surface area contributed by atoms with Crippen molar-refractivity contribution in [3.63, 3.8) is 0 Å². The van der Waals surface area contributed by atoms with Crippen molar-refractivity contribution in [1.29, 1.82) is 0 Å². The molecule has 0 saturated carbocycles. The third-order valence-electron chi connectivity index (χ3n) is 1.71. The molecule has 1 aromatic rings. The van der Waals surface area contributed by atoms with E-state index in [1.165, 1.54) is 20.4 Å². The van der Waals surface area contributed by atoms with Gasteiger partial charge in [-0.1, -0.05) is 12.7 Å². The van der Waals surface area contributed by atoms with Crippen LogP contribution in [0.2, 0.25) is 0 Å². The zero-order chi connectivity index (χ0) is 10.6. The minimum atomic E-state index is -0.428. The lowest BCUT2D eigenvalue weighted by atomic mass is 10.2. The summed E-state index contributed by atoms with van der Waals surface area (Å²) in [6.07, 6.45) is 2.97. The first-order valence-corrected chi connectivity index (χ1v) is 3.97. The zero-order valence-electron chi connectivity index (χ0n) is 8.11. The highest BCUT2D eigenvalue weighted by atomic mass is 16.5. The van der Waals surface area contributed by atoms with Gasteiger partial charge in [0.2, 0.25) is 5.88 Å². The molecule has 0 amide bonds. The number of esters is 1. The van der Waals surface area contributed by atoms with Gasteiger partial charge in [0.25, 0.3) is 0 Å². The van der Waals surface area contributed by atoms with Crippen LogP contribution in [0.4, 0.5) is 0 Å². The Balaban J connectivity index is 3.13. The molecule has 0 aliphatic heterocycles. The average molecular weight is 193 g/mol. The molecule has 0 spiro atoms. The summed E-state index contributed by atoms with van der Waals surface area (Å²) in [5.41, 5.74) is 1.04. The van der Waals surface area contributed by atoms with Gasteiger partial charge in [-0.2, -0.15) is 0 Å². The van der Waals surface area contributed by atoms with E-state index >= 15 is 0 Å². The minimum Gasteiger partial charge on any atom is -0.481 e. The molecule has 0 atom stereocenters. The number of rotatable bonds is 3. The second-order valence-electron chi connectivity index (χ2n) is 2.52. The number of nitrogens with zero attached hydrogens (tertiary/aromatic N) is 1. The smallest absolute Gasteiger partial charge is 0.339 e. The molecule has 1 heterocycles. The molecule has 0 bridgehead atoms. The van der Waals surface area contributed by atoms with Crippen molar-refractivity contribution in [1.82, 2.24) is 4.98 Å². The molecule has 4 heteroatoms. The maximum atomic E-state index is 11.1. The lowest BCUT2D eigenvalue weighted by Gasteiger charge is -2.04. The third kappa shape index (κ3) is 1.90. The summed E-state index contributed by atoms with van der Waals surface area (Å²) in [5.74, 6) is 0.0101. The summed E-state index contributed by atoms with van der Waals surface area (Å²) < 4.78 is 9.53. The number of carbonyl (C=O) groups excluding carboxylic acids is 1. The van der Waals surface area contributed by atoms with Gasteiger partial charge >= 0.3 is 5.97 Å². The van der Waals surface area contributed by atoms with Crippen LogP contribution in [0.5, 0.6) is 5.88 Å². The van der Waals surface area contributed by atoms with E-state index in [1.807, 2.05) is 0 Å². The Morgan fingerprint density at radius 3 is 2.79 bits per heavy atom. The van der Waals surface area contributed by atoms with Crippen LogP contribution in [0.15, 0.2) is 18.8 Å². The van der Waals surface area contributed by atoms with Crippen molar-refractivity contribution in [3.05, 3.63) is 30.0 Å². The van der Waals surface area contributed by atoms with E-state index in [0.717, 1.165) is 0 Å². The normalized spacial score (nSPS) is 9.29. The van der Waals surface area contributed by atoms with Crippen LogP contribution in [0.3, 0.4) is 0 Å². The summed E-state index contributed by atoms with van der Waals surface area (Å²) in [5, 5.41) is 0. The molecular weight excluding hydrogens is 182 g/mol. The molecule has 1 rings (SSSR count). The lowest BCUT2D eigenvalue weighted by Crippen LogP contribution is -2.03. The Morgan fingerprint density at radius 2 is 2.29 bits per heavy atom. The first kappa shape index (κ1) is 10.2. The molecule has 1 aromatic heterocycles. The Bertz CT molecular complexity index is 360. The van der Waals surface area contributed by atoms with Gasteiger partial charge in [0.15, 0.2) is 0 Å². The van der Waals surface area contributed by atoms with Gasteiger partial charge in [0.05, 0.1) is 19.8 Å². The van der Waals surface area contributed by atoms with Crippen LogP contribution < -0.4 is 4.74 Å². The second kappa shape index (κ2) is 4.41. The molecule has 0 fully saturated rings. The second-order valence-corrected chi connectivity index (χ2v) is 2.52. The SMILES string of the molecule is C=Cc1cc(C(=O)OC)cnc1OC. The maximum Gasteiger partial charge on any atom is 0.339 e. The predicted octanol–water partition coefficient (Wildman–Crippen LogP) is 1.52. The van der Waals surface area contributed by atoms with E-state index in [4.69, 9.17) is 4.74 Å². The maximum absolute atomic E-state index is 11.1. The molecule has 74 valence electrons. The van der Waals surface area contributed by atoms with Crippen LogP contribution in [0.1, 0.15) is 15.9 Å². The van der Waals surface area contributed by atoms with Crippen molar-refractivity contribution < 1.29 is 14.3 Å². The Kier molecular flexibility index (Phi) is 3.23. The highest BCUT2D eigenvalue weighted by molar-refractivity contribution is 5.89. The number of methoxy groups -OCH3 is 2. The van der Waals surface area contributed by atoms with Crippen LogP contribution in [0.25, 0.3) is 6.08 Å². The van der Waals surface area contributed by atoms with Gasteiger partial charge in [0.1, 0.15) is 0 Å². The van der Waals surface area contributed by atoms with Crippen LogP contribution in [-0.2, 0) is 4.74 Å². The first-order valence-electron chi connectivity index (χ1n) is 3.97. The van der Waals surface area contributed by atoms with E-state index in [0.29, 0.717) is 17.0 Å². The van der Waals surface area contributed by atoms with E-state index in [-0.39, 0.29) is 0 Å². The molecule has 14 heavy (non-hydrogen) atoms. The minimum absolute atomic E-state index is 0.378. The van der Waals surface area contributed by atoms with Crippen molar-refractivity contribution in [2.45, 2.75) is 0 Å². The quantitative estimate of drug-likeness (QED) is 0.683. The lowest BCUT2D eigenvalue weighted by molar-refractivity contribution is 0.0600. The Morgan fingerprint density at radius 1 is 1.57 bits per heavy atom.